The summed E-state index contributed by atoms with van der Waals surface area (Å²) < 4.78 is 12.2. The lowest BCUT2D eigenvalue weighted by atomic mass is 9.96. The van der Waals surface area contributed by atoms with Gasteiger partial charge in [0.1, 0.15) is 11.5 Å². The van der Waals surface area contributed by atoms with E-state index in [1.165, 1.54) is 79.2 Å². The first-order valence-electron chi connectivity index (χ1n) is 14.6. The van der Waals surface area contributed by atoms with E-state index in [-0.39, 0.29) is 0 Å². The molecule has 3 rings (SSSR count). The summed E-state index contributed by atoms with van der Waals surface area (Å²) in [6, 6.07) is 24.0. The molecule has 0 saturated carbocycles. The van der Waals surface area contributed by atoms with Gasteiger partial charge in [-0.3, -0.25) is 0 Å². The molecule has 2 atom stereocenters. The Bertz CT molecular complexity index is 954. The van der Waals surface area contributed by atoms with Crippen molar-refractivity contribution >= 4 is 0 Å². The topological polar surface area (TPSA) is 18.5 Å². The lowest BCUT2D eigenvalue weighted by molar-refractivity contribution is 0.233. The van der Waals surface area contributed by atoms with Crippen molar-refractivity contribution in [1.29, 1.82) is 0 Å². The Hall–Kier alpha value is -2.74. The Kier molecular flexibility index (Phi) is 12.1. The number of rotatable bonds is 16. The van der Waals surface area contributed by atoms with Crippen LogP contribution in [0.5, 0.6) is 11.5 Å². The zero-order chi connectivity index (χ0) is 26.5. The van der Waals surface area contributed by atoms with Gasteiger partial charge in [0.15, 0.2) is 0 Å². The summed E-state index contributed by atoms with van der Waals surface area (Å²) in [6.45, 7) is 12.8. The summed E-state index contributed by atoms with van der Waals surface area (Å²) in [7, 11) is 0. The third kappa shape index (κ3) is 9.26. The fourth-order valence-electron chi connectivity index (χ4n) is 4.83. The Morgan fingerprint density at radius 1 is 0.541 bits per heavy atom. The van der Waals surface area contributed by atoms with Crippen LogP contribution in [0.25, 0.3) is 22.3 Å². The highest BCUT2D eigenvalue weighted by atomic mass is 16.5. The molecule has 0 radical (unpaired) electrons. The van der Waals surface area contributed by atoms with Crippen LogP contribution in [0.2, 0.25) is 0 Å². The molecule has 0 aliphatic heterocycles. The van der Waals surface area contributed by atoms with E-state index in [1.54, 1.807) is 0 Å². The van der Waals surface area contributed by atoms with Gasteiger partial charge >= 0.3 is 0 Å². The van der Waals surface area contributed by atoms with Gasteiger partial charge in [0.25, 0.3) is 0 Å². The summed E-state index contributed by atoms with van der Waals surface area (Å²) >= 11 is 0. The molecule has 200 valence electrons. The highest BCUT2D eigenvalue weighted by molar-refractivity contribution is 5.74. The Balaban J connectivity index is 1.65. The normalized spacial score (nSPS) is 12.8. The minimum Gasteiger partial charge on any atom is -0.493 e. The molecule has 0 amide bonds. The molecule has 0 aliphatic rings. The quantitative estimate of drug-likeness (QED) is 0.195. The van der Waals surface area contributed by atoms with Crippen LogP contribution in [0.3, 0.4) is 0 Å². The van der Waals surface area contributed by atoms with Gasteiger partial charge in [0, 0.05) is 0 Å². The lowest BCUT2D eigenvalue weighted by Gasteiger charge is -2.16. The molecule has 0 N–H and O–H groups in total. The van der Waals surface area contributed by atoms with Crippen molar-refractivity contribution in [2.45, 2.75) is 86.0 Å². The van der Waals surface area contributed by atoms with Crippen molar-refractivity contribution in [3.8, 4) is 33.8 Å². The maximum absolute atomic E-state index is 6.12. The highest BCUT2D eigenvalue weighted by Gasteiger charge is 2.10. The first kappa shape index (κ1) is 28.8. The summed E-state index contributed by atoms with van der Waals surface area (Å²) in [4.78, 5) is 0. The Morgan fingerprint density at radius 2 is 0.946 bits per heavy atom. The van der Waals surface area contributed by atoms with Crippen molar-refractivity contribution in [3.05, 3.63) is 72.3 Å². The third-order valence-corrected chi connectivity index (χ3v) is 7.51. The molecule has 2 nitrogen and oxygen atoms in total. The second-order valence-corrected chi connectivity index (χ2v) is 10.6. The van der Waals surface area contributed by atoms with Crippen molar-refractivity contribution in [2.24, 2.45) is 11.8 Å². The van der Waals surface area contributed by atoms with E-state index in [2.05, 4.69) is 101 Å². The van der Waals surface area contributed by atoms with Crippen LogP contribution in [0.1, 0.15) is 84.6 Å². The van der Waals surface area contributed by atoms with Gasteiger partial charge < -0.3 is 9.47 Å². The van der Waals surface area contributed by atoms with E-state index >= 15 is 0 Å². The standard InChI is InChI=1S/C35H48O2/c1-6-10-12-28(8-3)25-36-34-18-14-30(15-19-34)32-22-27(5)23-33(24-32)31-16-20-35(21-17-31)37-26-29(9-4)13-11-7-2/h14-24,28-29H,6-13,25-26H2,1-5H3. The molecule has 0 fully saturated rings. The monoisotopic (exact) mass is 500 g/mol. The molecule has 37 heavy (non-hydrogen) atoms. The van der Waals surface area contributed by atoms with Crippen molar-refractivity contribution in [2.75, 3.05) is 13.2 Å². The smallest absolute Gasteiger partial charge is 0.119 e. The van der Waals surface area contributed by atoms with Crippen LogP contribution < -0.4 is 9.47 Å². The van der Waals surface area contributed by atoms with Crippen LogP contribution in [0.15, 0.2) is 66.7 Å². The largest absolute Gasteiger partial charge is 0.493 e. The van der Waals surface area contributed by atoms with E-state index in [1.807, 2.05) is 0 Å². The summed E-state index contributed by atoms with van der Waals surface area (Å²) in [5, 5.41) is 0. The zero-order valence-electron chi connectivity index (χ0n) is 23.9. The van der Waals surface area contributed by atoms with E-state index in [9.17, 15) is 0 Å². The number of ether oxygens (including phenoxy) is 2. The average Bonchev–Trinajstić information content (AvgIpc) is 2.93. The molecular formula is C35H48O2. The zero-order valence-corrected chi connectivity index (χ0v) is 23.9. The molecule has 2 unspecified atom stereocenters. The minimum absolute atomic E-state index is 0.643. The van der Waals surface area contributed by atoms with Gasteiger partial charge in [-0.25, -0.2) is 0 Å². The fraction of sp³-hybridized carbons (Fsp3) is 0.486. The van der Waals surface area contributed by atoms with Crippen LogP contribution >= 0.6 is 0 Å². The molecule has 0 bridgehead atoms. The first-order valence-corrected chi connectivity index (χ1v) is 14.6. The SMILES string of the molecule is CCCCC(CC)COc1ccc(-c2cc(C)cc(-c3ccc(OCC(CC)CCCC)cc3)c2)cc1. The van der Waals surface area contributed by atoms with Crippen molar-refractivity contribution in [1.82, 2.24) is 0 Å². The summed E-state index contributed by atoms with van der Waals surface area (Å²) in [6.07, 6.45) is 9.92. The third-order valence-electron chi connectivity index (χ3n) is 7.51. The maximum Gasteiger partial charge on any atom is 0.119 e. The van der Waals surface area contributed by atoms with E-state index < -0.39 is 0 Å². The minimum atomic E-state index is 0.643. The van der Waals surface area contributed by atoms with Gasteiger partial charge in [-0.05, 0) is 89.8 Å². The van der Waals surface area contributed by atoms with Crippen LogP contribution in [-0.2, 0) is 0 Å². The molecule has 0 heterocycles. The lowest BCUT2D eigenvalue weighted by Crippen LogP contribution is -2.11. The summed E-state index contributed by atoms with van der Waals surface area (Å²) in [5.74, 6) is 3.21. The highest BCUT2D eigenvalue weighted by Crippen LogP contribution is 2.31. The average molecular weight is 501 g/mol. The van der Waals surface area contributed by atoms with Gasteiger partial charge in [-0.15, -0.1) is 0 Å². The van der Waals surface area contributed by atoms with Crippen molar-refractivity contribution < 1.29 is 9.47 Å². The first-order chi connectivity index (χ1) is 18.1. The molecule has 3 aromatic rings. The number of aryl methyl sites for hydroxylation is 1. The van der Waals surface area contributed by atoms with E-state index in [0.29, 0.717) is 11.8 Å². The number of hydrogen-bond donors (Lipinski definition) is 0. The number of benzene rings is 3. The van der Waals surface area contributed by atoms with Crippen LogP contribution in [0.4, 0.5) is 0 Å². The van der Waals surface area contributed by atoms with Crippen molar-refractivity contribution in [3.63, 3.8) is 0 Å². The second kappa shape index (κ2) is 15.5. The number of hydrogen-bond acceptors (Lipinski definition) is 2. The van der Waals surface area contributed by atoms with Crippen LogP contribution in [-0.4, -0.2) is 13.2 Å². The predicted molar refractivity (Wildman–Crippen MR) is 160 cm³/mol. The Morgan fingerprint density at radius 3 is 1.30 bits per heavy atom. The van der Waals surface area contributed by atoms with Gasteiger partial charge in [-0.2, -0.15) is 0 Å². The molecule has 3 aromatic carbocycles. The summed E-state index contributed by atoms with van der Waals surface area (Å²) in [5.41, 5.74) is 6.16. The van der Waals surface area contributed by atoms with Gasteiger partial charge in [-0.1, -0.05) is 103 Å². The molecular weight excluding hydrogens is 452 g/mol. The Labute approximate surface area is 226 Å². The molecule has 0 spiro atoms. The second-order valence-electron chi connectivity index (χ2n) is 10.6. The predicted octanol–water partition coefficient (Wildman–Crippen LogP) is 10.5. The van der Waals surface area contributed by atoms with Crippen LogP contribution in [0, 0.1) is 18.8 Å². The van der Waals surface area contributed by atoms with Gasteiger partial charge in [0.2, 0.25) is 0 Å². The van der Waals surface area contributed by atoms with E-state index in [4.69, 9.17) is 9.47 Å². The maximum atomic E-state index is 6.12. The molecule has 0 saturated heterocycles. The molecule has 0 aliphatic carbocycles. The fourth-order valence-corrected chi connectivity index (χ4v) is 4.83. The number of unbranched alkanes of at least 4 members (excludes halogenated alkanes) is 2. The molecule has 0 aromatic heterocycles. The van der Waals surface area contributed by atoms with Gasteiger partial charge in [0.05, 0.1) is 13.2 Å². The molecule has 2 heteroatoms. The van der Waals surface area contributed by atoms with E-state index in [0.717, 1.165) is 24.7 Å².